The first-order valence-electron chi connectivity index (χ1n) is 13.0. The highest BCUT2D eigenvalue weighted by atomic mass is 16.6. The molecule has 6 nitrogen and oxygen atoms in total. The van der Waals surface area contributed by atoms with E-state index in [0.29, 0.717) is 17.8 Å². The average molecular weight is 496 g/mol. The zero-order valence-corrected chi connectivity index (χ0v) is 23.4. The van der Waals surface area contributed by atoms with E-state index in [2.05, 4.69) is 46.8 Å². The Kier molecular flexibility index (Phi) is 6.44. The number of ether oxygens (including phenoxy) is 3. The minimum atomic E-state index is -0.704. The van der Waals surface area contributed by atoms with Crippen molar-refractivity contribution in [3.05, 3.63) is 46.5 Å². The summed E-state index contributed by atoms with van der Waals surface area (Å²) in [6.07, 6.45) is -0.0435. The van der Waals surface area contributed by atoms with Gasteiger partial charge in [-0.25, -0.2) is 4.79 Å². The Morgan fingerprint density at radius 2 is 1.56 bits per heavy atom. The molecule has 1 fully saturated rings. The van der Waals surface area contributed by atoms with Gasteiger partial charge in [-0.3, -0.25) is 4.79 Å². The smallest absolute Gasteiger partial charge is 0.335 e. The maximum atomic E-state index is 14.5. The van der Waals surface area contributed by atoms with Gasteiger partial charge in [0.25, 0.3) is 5.91 Å². The molecule has 1 saturated heterocycles. The number of methoxy groups -OCH3 is 1. The van der Waals surface area contributed by atoms with Gasteiger partial charge in [0.1, 0.15) is 18.5 Å². The second-order valence-electron chi connectivity index (χ2n) is 11.8. The minimum Gasteiger partial charge on any atom is -0.497 e. The van der Waals surface area contributed by atoms with E-state index in [0.717, 1.165) is 22.5 Å². The van der Waals surface area contributed by atoms with Gasteiger partial charge in [-0.05, 0) is 63.3 Å². The summed E-state index contributed by atoms with van der Waals surface area (Å²) in [5, 5.41) is 0. The molecule has 3 unspecified atom stereocenters. The molecule has 1 amide bonds. The fourth-order valence-corrected chi connectivity index (χ4v) is 6.83. The predicted molar refractivity (Wildman–Crippen MR) is 140 cm³/mol. The summed E-state index contributed by atoms with van der Waals surface area (Å²) in [5.74, 6) is 0.279. The molecule has 1 heterocycles. The van der Waals surface area contributed by atoms with E-state index < -0.39 is 22.2 Å². The van der Waals surface area contributed by atoms with Crippen LogP contribution in [0, 0.1) is 16.2 Å². The molecule has 0 saturated carbocycles. The van der Waals surface area contributed by atoms with Gasteiger partial charge in [0.05, 0.1) is 19.3 Å². The number of amides is 1. The predicted octanol–water partition coefficient (Wildman–Crippen LogP) is 5.42. The number of carbonyl (C=O) groups excluding carboxylic acids is 2. The number of allylic oxidation sites excluding steroid dienone is 2. The van der Waals surface area contributed by atoms with E-state index in [1.807, 2.05) is 44.7 Å². The first-order chi connectivity index (χ1) is 16.7. The summed E-state index contributed by atoms with van der Waals surface area (Å²) in [7, 11) is 1.65. The monoisotopic (exact) mass is 495 g/mol. The molecule has 0 spiro atoms. The van der Waals surface area contributed by atoms with Crippen LogP contribution < -0.4 is 4.74 Å². The first kappa shape index (κ1) is 26.5. The molecule has 3 aliphatic rings. The lowest BCUT2D eigenvalue weighted by molar-refractivity contribution is -0.141. The van der Waals surface area contributed by atoms with E-state index in [-0.39, 0.29) is 30.7 Å². The molecule has 0 radical (unpaired) electrons. The summed E-state index contributed by atoms with van der Waals surface area (Å²) >= 11 is 0. The number of carbonyl (C=O) groups is 2. The van der Waals surface area contributed by atoms with Gasteiger partial charge in [-0.1, -0.05) is 45.4 Å². The molecule has 2 bridgehead atoms. The molecule has 2 aliphatic carbocycles. The number of nitrogens with zero attached hydrogens (tertiary/aromatic N) is 1. The Bertz CT molecular complexity index is 1130. The zero-order valence-electron chi connectivity index (χ0n) is 23.4. The third-order valence-electron chi connectivity index (χ3n) is 9.32. The maximum Gasteiger partial charge on any atom is 0.335 e. The quantitative estimate of drug-likeness (QED) is 0.356. The highest BCUT2D eigenvalue weighted by molar-refractivity contribution is 6.11. The molecule has 0 N–H and O–H groups in total. The van der Waals surface area contributed by atoms with E-state index in [1.165, 1.54) is 0 Å². The second-order valence-corrected chi connectivity index (χ2v) is 11.8. The topological polar surface area (TPSA) is 68.4 Å². The van der Waals surface area contributed by atoms with Crippen LogP contribution in [0.4, 0.5) is 0 Å². The van der Waals surface area contributed by atoms with Crippen LogP contribution in [0.2, 0.25) is 0 Å². The Balaban J connectivity index is 1.96. The van der Waals surface area contributed by atoms with Crippen LogP contribution in [-0.4, -0.2) is 55.3 Å². The SMILES string of the molecule is COc1ccc(C2=C(C)C3(C)C(C(=O)OCC4CO4)=C(C(=O)N(C(C)C)C(C)C)C2(C)C3(C)C)cc1. The van der Waals surface area contributed by atoms with Crippen LogP contribution in [-0.2, 0) is 19.1 Å². The number of fused-ring (bicyclic) bond motifs is 2. The van der Waals surface area contributed by atoms with Gasteiger partial charge in [-0.15, -0.1) is 0 Å². The number of rotatable bonds is 8. The number of hydrogen-bond donors (Lipinski definition) is 0. The van der Waals surface area contributed by atoms with Gasteiger partial charge < -0.3 is 19.1 Å². The molecular formula is C30H41NO5. The molecule has 1 aromatic rings. The standard InChI is InChI=1S/C30H41NO5/c1-17(2)31(18(3)4)26(32)24-25(27(33)36-16-22-15-35-22)29(8)19(5)23(30(24,9)28(29,6)7)20-11-13-21(34-10)14-12-20/h11-14,17-18,22H,15-16H2,1-10H3. The van der Waals surface area contributed by atoms with Crippen molar-refractivity contribution in [1.29, 1.82) is 0 Å². The normalized spacial score (nSPS) is 28.3. The van der Waals surface area contributed by atoms with Crippen molar-refractivity contribution in [2.75, 3.05) is 20.3 Å². The summed E-state index contributed by atoms with van der Waals surface area (Å²) in [6.45, 7) is 19.6. The van der Waals surface area contributed by atoms with Crippen molar-refractivity contribution >= 4 is 17.4 Å². The Morgan fingerprint density at radius 1 is 1.00 bits per heavy atom. The van der Waals surface area contributed by atoms with Crippen molar-refractivity contribution in [2.24, 2.45) is 16.2 Å². The summed E-state index contributed by atoms with van der Waals surface area (Å²) in [6, 6.07) is 7.97. The number of epoxide rings is 1. The average Bonchev–Trinajstić information content (AvgIpc) is 3.60. The van der Waals surface area contributed by atoms with Crippen molar-refractivity contribution < 1.29 is 23.8 Å². The summed E-state index contributed by atoms with van der Waals surface area (Å²) < 4.78 is 16.4. The summed E-state index contributed by atoms with van der Waals surface area (Å²) in [5.41, 5.74) is 2.48. The van der Waals surface area contributed by atoms with E-state index >= 15 is 0 Å². The Hall–Kier alpha value is -2.60. The minimum absolute atomic E-state index is 0.0182. The van der Waals surface area contributed by atoms with Crippen molar-refractivity contribution in [1.82, 2.24) is 4.90 Å². The highest BCUT2D eigenvalue weighted by Gasteiger charge is 2.73. The van der Waals surface area contributed by atoms with E-state index in [1.54, 1.807) is 7.11 Å². The van der Waals surface area contributed by atoms with Gasteiger partial charge in [0.15, 0.2) is 0 Å². The fraction of sp³-hybridized carbons (Fsp3) is 0.600. The molecule has 0 aromatic heterocycles. The van der Waals surface area contributed by atoms with Crippen molar-refractivity contribution in [3.63, 3.8) is 0 Å². The largest absolute Gasteiger partial charge is 0.497 e. The molecule has 3 atom stereocenters. The van der Waals surface area contributed by atoms with Crippen molar-refractivity contribution in [3.8, 4) is 5.75 Å². The van der Waals surface area contributed by atoms with Crippen LogP contribution in [0.3, 0.4) is 0 Å². The Morgan fingerprint density at radius 3 is 2.03 bits per heavy atom. The maximum absolute atomic E-state index is 14.5. The molecule has 1 aliphatic heterocycles. The molecule has 4 rings (SSSR count). The second kappa shape index (κ2) is 8.76. The zero-order chi connectivity index (χ0) is 26.8. The van der Waals surface area contributed by atoms with Gasteiger partial charge >= 0.3 is 5.97 Å². The van der Waals surface area contributed by atoms with E-state index in [4.69, 9.17) is 14.2 Å². The molecular weight excluding hydrogens is 454 g/mol. The molecule has 36 heavy (non-hydrogen) atoms. The first-order valence-corrected chi connectivity index (χ1v) is 13.0. The lowest BCUT2D eigenvalue weighted by Gasteiger charge is -2.44. The van der Waals surface area contributed by atoms with Gasteiger partial charge in [0, 0.05) is 28.5 Å². The molecule has 6 heteroatoms. The number of hydrogen-bond acceptors (Lipinski definition) is 5. The third-order valence-corrected chi connectivity index (χ3v) is 9.32. The van der Waals surface area contributed by atoms with E-state index in [9.17, 15) is 9.59 Å². The number of benzene rings is 1. The van der Waals surface area contributed by atoms with Crippen LogP contribution in [0.15, 0.2) is 41.0 Å². The third kappa shape index (κ3) is 3.47. The number of esters is 1. The fourth-order valence-electron chi connectivity index (χ4n) is 6.83. The van der Waals surface area contributed by atoms with Crippen LogP contribution in [0.1, 0.15) is 67.9 Å². The lowest BCUT2D eigenvalue weighted by Crippen LogP contribution is -2.47. The lowest BCUT2D eigenvalue weighted by atomic mass is 9.59. The highest BCUT2D eigenvalue weighted by Crippen LogP contribution is 2.78. The van der Waals surface area contributed by atoms with Crippen LogP contribution in [0.25, 0.3) is 5.57 Å². The van der Waals surface area contributed by atoms with Crippen LogP contribution in [0.5, 0.6) is 5.75 Å². The summed E-state index contributed by atoms with van der Waals surface area (Å²) in [4.78, 5) is 30.2. The Labute approximate surface area is 215 Å². The van der Waals surface area contributed by atoms with Gasteiger partial charge in [-0.2, -0.15) is 0 Å². The van der Waals surface area contributed by atoms with Crippen LogP contribution >= 0.6 is 0 Å². The molecule has 196 valence electrons. The van der Waals surface area contributed by atoms with Crippen molar-refractivity contribution in [2.45, 2.75) is 80.5 Å². The molecule has 1 aromatic carbocycles. The van der Waals surface area contributed by atoms with Gasteiger partial charge in [0.2, 0.25) is 0 Å².